The number of nitrogens with zero attached hydrogens (tertiary/aromatic N) is 1. The molecular weight excluding hydrogens is 312 g/mol. The highest BCUT2D eigenvalue weighted by molar-refractivity contribution is 7.89. The second kappa shape index (κ2) is 8.10. The summed E-state index contributed by atoms with van der Waals surface area (Å²) in [6.07, 6.45) is 1.02. The van der Waals surface area contributed by atoms with Crippen molar-refractivity contribution in [1.82, 2.24) is 9.62 Å². The fourth-order valence-electron chi connectivity index (χ4n) is 1.80. The number of aliphatic hydroxyl groups excluding tert-OH is 1. The lowest BCUT2D eigenvalue weighted by Crippen LogP contribution is -2.37. The summed E-state index contributed by atoms with van der Waals surface area (Å²) in [5.74, 6) is 0. The second-order valence-corrected chi connectivity index (χ2v) is 7.22. The molecule has 1 aromatic carbocycles. The first-order valence-corrected chi connectivity index (χ1v) is 8.77. The molecule has 0 saturated heterocycles. The van der Waals surface area contributed by atoms with E-state index in [1.807, 2.05) is 7.05 Å². The van der Waals surface area contributed by atoms with Crippen LogP contribution >= 0.6 is 11.6 Å². The molecular formula is C14H23ClN2O3S. The van der Waals surface area contributed by atoms with E-state index in [0.717, 1.165) is 6.42 Å². The van der Waals surface area contributed by atoms with Crippen LogP contribution in [0.25, 0.3) is 0 Å². The highest BCUT2D eigenvalue weighted by atomic mass is 35.5. The molecule has 1 atom stereocenters. The van der Waals surface area contributed by atoms with E-state index in [2.05, 4.69) is 23.5 Å². The van der Waals surface area contributed by atoms with Gasteiger partial charge in [0.05, 0.1) is 11.5 Å². The minimum atomic E-state index is -3.58. The van der Waals surface area contributed by atoms with Gasteiger partial charge in [-0.25, -0.2) is 13.1 Å². The van der Waals surface area contributed by atoms with Gasteiger partial charge in [-0.3, -0.25) is 0 Å². The maximum absolute atomic E-state index is 12.2. The van der Waals surface area contributed by atoms with Crippen LogP contribution in [0.4, 0.5) is 0 Å². The van der Waals surface area contributed by atoms with E-state index in [1.165, 1.54) is 18.2 Å². The van der Waals surface area contributed by atoms with Crippen molar-refractivity contribution in [2.24, 2.45) is 0 Å². The van der Waals surface area contributed by atoms with E-state index < -0.39 is 10.0 Å². The predicted octanol–water partition coefficient (Wildman–Crippen LogP) is 1.84. The first-order valence-electron chi connectivity index (χ1n) is 6.91. The molecule has 0 radical (unpaired) electrons. The Bertz CT molecular complexity index is 563. The number of likely N-dealkylation sites (N-methyl/N-ethyl adjacent to an activating group) is 1. The topological polar surface area (TPSA) is 69.6 Å². The highest BCUT2D eigenvalue weighted by Gasteiger charge is 2.16. The zero-order valence-electron chi connectivity index (χ0n) is 12.6. The summed E-state index contributed by atoms with van der Waals surface area (Å²) in [4.78, 5) is 2.21. The predicted molar refractivity (Wildman–Crippen MR) is 84.9 cm³/mol. The van der Waals surface area contributed by atoms with Gasteiger partial charge < -0.3 is 10.0 Å². The van der Waals surface area contributed by atoms with Gasteiger partial charge in [-0.1, -0.05) is 24.6 Å². The minimum Gasteiger partial charge on any atom is -0.392 e. The summed E-state index contributed by atoms with van der Waals surface area (Å²) in [7, 11) is -1.61. The van der Waals surface area contributed by atoms with Crippen LogP contribution in [0.3, 0.4) is 0 Å². The number of halogens is 1. The summed E-state index contributed by atoms with van der Waals surface area (Å²) in [5.41, 5.74) is 0.507. The molecule has 0 spiro atoms. The van der Waals surface area contributed by atoms with Crippen molar-refractivity contribution < 1.29 is 13.5 Å². The zero-order chi connectivity index (χ0) is 16.0. The lowest BCUT2D eigenvalue weighted by atomic mass is 10.2. The van der Waals surface area contributed by atoms with Gasteiger partial charge in [0.15, 0.2) is 0 Å². The monoisotopic (exact) mass is 334 g/mol. The van der Waals surface area contributed by atoms with Crippen LogP contribution in [0.1, 0.15) is 25.8 Å². The average Bonchev–Trinajstić information content (AvgIpc) is 2.45. The molecule has 1 unspecified atom stereocenters. The summed E-state index contributed by atoms with van der Waals surface area (Å²) >= 11 is 5.92. The fourth-order valence-corrected chi connectivity index (χ4v) is 3.15. The Hall–Kier alpha value is -0.660. The molecule has 2 N–H and O–H groups in total. The molecule has 0 bridgehead atoms. The number of rotatable bonds is 8. The highest BCUT2D eigenvalue weighted by Crippen LogP contribution is 2.20. The van der Waals surface area contributed by atoms with Crippen molar-refractivity contribution in [3.63, 3.8) is 0 Å². The SMILES string of the molecule is CCC(C)N(C)CCNS(=O)(=O)c1ccc(CO)c(Cl)c1. The molecule has 0 aliphatic carbocycles. The van der Waals surface area contributed by atoms with Crippen molar-refractivity contribution >= 4 is 21.6 Å². The van der Waals surface area contributed by atoms with Crippen LogP contribution in [-0.4, -0.2) is 44.6 Å². The van der Waals surface area contributed by atoms with Gasteiger partial charge >= 0.3 is 0 Å². The van der Waals surface area contributed by atoms with Gasteiger partial charge in [-0.05, 0) is 38.1 Å². The molecule has 21 heavy (non-hydrogen) atoms. The molecule has 7 heteroatoms. The first-order chi connectivity index (χ1) is 9.81. The smallest absolute Gasteiger partial charge is 0.240 e. The number of benzene rings is 1. The normalized spacial score (nSPS) is 13.6. The quantitative estimate of drug-likeness (QED) is 0.761. The second-order valence-electron chi connectivity index (χ2n) is 5.05. The molecule has 0 saturated carbocycles. The van der Waals surface area contributed by atoms with E-state index in [0.29, 0.717) is 24.7 Å². The summed E-state index contributed by atoms with van der Waals surface area (Å²) in [6, 6.07) is 4.72. The van der Waals surface area contributed by atoms with Crippen LogP contribution in [-0.2, 0) is 16.6 Å². The Morgan fingerprint density at radius 3 is 2.62 bits per heavy atom. The lowest BCUT2D eigenvalue weighted by molar-refractivity contribution is 0.256. The van der Waals surface area contributed by atoms with Gasteiger partial charge in [0.2, 0.25) is 10.0 Å². The summed E-state index contributed by atoms with van der Waals surface area (Å²) in [5, 5.41) is 9.28. The molecule has 0 aliphatic heterocycles. The average molecular weight is 335 g/mol. The fraction of sp³-hybridized carbons (Fsp3) is 0.571. The van der Waals surface area contributed by atoms with E-state index in [9.17, 15) is 8.42 Å². The van der Waals surface area contributed by atoms with Crippen LogP contribution in [0, 0.1) is 0 Å². The molecule has 120 valence electrons. The molecule has 1 rings (SSSR count). The van der Waals surface area contributed by atoms with Crippen molar-refractivity contribution in [1.29, 1.82) is 0 Å². The molecule has 0 aliphatic rings. The first kappa shape index (κ1) is 18.4. The molecule has 0 amide bonds. The van der Waals surface area contributed by atoms with E-state index in [1.54, 1.807) is 0 Å². The van der Waals surface area contributed by atoms with E-state index in [-0.39, 0.29) is 16.5 Å². The molecule has 1 aromatic rings. The summed E-state index contributed by atoms with van der Waals surface area (Å²) in [6.45, 7) is 4.95. The van der Waals surface area contributed by atoms with Gasteiger partial charge in [0.1, 0.15) is 0 Å². The third-order valence-corrected chi connectivity index (χ3v) is 5.42. The maximum Gasteiger partial charge on any atom is 0.240 e. The van der Waals surface area contributed by atoms with Gasteiger partial charge in [-0.2, -0.15) is 0 Å². The summed E-state index contributed by atoms with van der Waals surface area (Å²) < 4.78 is 26.9. The van der Waals surface area contributed by atoms with Crippen LogP contribution in [0.2, 0.25) is 5.02 Å². The standard InChI is InChI=1S/C14H23ClN2O3S/c1-4-11(2)17(3)8-7-16-21(19,20)13-6-5-12(10-18)14(15)9-13/h5-6,9,11,16,18H,4,7-8,10H2,1-3H3. The number of nitrogens with one attached hydrogen (secondary N) is 1. The van der Waals surface area contributed by atoms with Gasteiger partial charge in [0.25, 0.3) is 0 Å². The Morgan fingerprint density at radius 2 is 2.10 bits per heavy atom. The largest absolute Gasteiger partial charge is 0.392 e. The Kier molecular flexibility index (Phi) is 7.09. The van der Waals surface area contributed by atoms with Crippen LogP contribution in [0.5, 0.6) is 0 Å². The third kappa shape index (κ3) is 5.23. The minimum absolute atomic E-state index is 0.107. The van der Waals surface area contributed by atoms with Crippen molar-refractivity contribution in [2.75, 3.05) is 20.1 Å². The van der Waals surface area contributed by atoms with Gasteiger partial charge in [0, 0.05) is 24.2 Å². The van der Waals surface area contributed by atoms with Gasteiger partial charge in [-0.15, -0.1) is 0 Å². The number of hydrogen-bond donors (Lipinski definition) is 2. The Morgan fingerprint density at radius 1 is 1.43 bits per heavy atom. The Labute approximate surface area is 132 Å². The zero-order valence-corrected chi connectivity index (χ0v) is 14.2. The number of hydrogen-bond acceptors (Lipinski definition) is 4. The number of aliphatic hydroxyl groups is 1. The van der Waals surface area contributed by atoms with E-state index in [4.69, 9.17) is 16.7 Å². The van der Waals surface area contributed by atoms with Crippen LogP contribution < -0.4 is 4.72 Å². The van der Waals surface area contributed by atoms with Crippen molar-refractivity contribution in [2.45, 2.75) is 37.8 Å². The molecule has 0 fully saturated rings. The van der Waals surface area contributed by atoms with Crippen LogP contribution in [0.15, 0.2) is 23.1 Å². The lowest BCUT2D eigenvalue weighted by Gasteiger charge is -2.23. The number of sulfonamides is 1. The van der Waals surface area contributed by atoms with Crippen molar-refractivity contribution in [3.05, 3.63) is 28.8 Å². The third-order valence-electron chi connectivity index (χ3n) is 3.61. The maximum atomic E-state index is 12.2. The molecule has 5 nitrogen and oxygen atoms in total. The Balaban J connectivity index is 2.68. The van der Waals surface area contributed by atoms with Crippen molar-refractivity contribution in [3.8, 4) is 0 Å². The van der Waals surface area contributed by atoms with E-state index >= 15 is 0 Å². The molecule has 0 heterocycles. The molecule has 0 aromatic heterocycles.